The van der Waals surface area contributed by atoms with Gasteiger partial charge in [0.1, 0.15) is 6.61 Å². The molecule has 4 heteroatoms. The first-order valence-corrected chi connectivity index (χ1v) is 10.7. The smallest absolute Gasteiger partial charge is 0.411 e. The number of amides is 1. The highest BCUT2D eigenvalue weighted by atomic mass is 16.5. The van der Waals surface area contributed by atoms with E-state index in [0.29, 0.717) is 11.4 Å². The Kier molecular flexibility index (Phi) is 5.87. The normalized spacial score (nSPS) is 11.3. The van der Waals surface area contributed by atoms with Crippen LogP contribution in [0.3, 0.4) is 0 Å². The molecule has 0 spiro atoms. The zero-order chi connectivity index (χ0) is 22.7. The molecule has 162 valence electrons. The van der Waals surface area contributed by atoms with Crippen LogP contribution in [-0.4, -0.2) is 6.09 Å². The average molecular weight is 425 g/mol. The van der Waals surface area contributed by atoms with Gasteiger partial charge in [0.05, 0.1) is 5.69 Å². The number of carbonyl (C=O) groups excluding carboxylic acids is 1. The van der Waals surface area contributed by atoms with Crippen molar-refractivity contribution in [1.82, 2.24) is 0 Å². The highest BCUT2D eigenvalue weighted by Crippen LogP contribution is 2.40. The minimum absolute atomic E-state index is 0.0551. The number of ether oxygens (including phenoxy) is 1. The van der Waals surface area contributed by atoms with Gasteiger partial charge in [-0.1, -0.05) is 87.5 Å². The van der Waals surface area contributed by atoms with Gasteiger partial charge in [-0.2, -0.15) is 0 Å². The number of fused-ring (bicyclic) bond motifs is 1. The van der Waals surface area contributed by atoms with Crippen LogP contribution >= 0.6 is 0 Å². The summed E-state index contributed by atoms with van der Waals surface area (Å²) in [5, 5.41) is 5.07. The molecule has 0 aliphatic heterocycles. The van der Waals surface area contributed by atoms with Gasteiger partial charge < -0.3 is 10.5 Å². The minimum Gasteiger partial charge on any atom is -0.444 e. The van der Waals surface area contributed by atoms with E-state index in [9.17, 15) is 4.79 Å². The van der Waals surface area contributed by atoms with Crippen LogP contribution in [0.2, 0.25) is 0 Å². The minimum atomic E-state index is -0.502. The molecule has 4 rings (SSSR count). The summed E-state index contributed by atoms with van der Waals surface area (Å²) in [7, 11) is 0. The van der Waals surface area contributed by atoms with E-state index in [1.54, 1.807) is 0 Å². The largest absolute Gasteiger partial charge is 0.444 e. The number of carbonyl (C=O) groups is 1. The molecule has 0 radical (unpaired) electrons. The van der Waals surface area contributed by atoms with Crippen LogP contribution in [0.15, 0.2) is 84.9 Å². The predicted molar refractivity (Wildman–Crippen MR) is 133 cm³/mol. The van der Waals surface area contributed by atoms with Crippen LogP contribution < -0.4 is 11.1 Å². The van der Waals surface area contributed by atoms with Crippen molar-refractivity contribution >= 4 is 28.2 Å². The molecule has 4 aromatic carbocycles. The lowest BCUT2D eigenvalue weighted by Gasteiger charge is -2.23. The molecular weight excluding hydrogens is 396 g/mol. The summed E-state index contributed by atoms with van der Waals surface area (Å²) < 4.78 is 5.46. The van der Waals surface area contributed by atoms with E-state index in [0.717, 1.165) is 33.0 Å². The summed E-state index contributed by atoms with van der Waals surface area (Å²) in [5.41, 5.74) is 11.6. The van der Waals surface area contributed by atoms with Crippen molar-refractivity contribution in [3.8, 4) is 11.1 Å². The Labute approximate surface area is 189 Å². The van der Waals surface area contributed by atoms with Crippen LogP contribution in [0.1, 0.15) is 31.9 Å². The maximum absolute atomic E-state index is 12.6. The number of hydrogen-bond donors (Lipinski definition) is 2. The molecular formula is C28H28N2O2. The third-order valence-corrected chi connectivity index (χ3v) is 5.57. The van der Waals surface area contributed by atoms with Gasteiger partial charge >= 0.3 is 6.09 Å². The summed E-state index contributed by atoms with van der Waals surface area (Å²) in [5.74, 6) is 0. The Morgan fingerprint density at radius 3 is 2.38 bits per heavy atom. The Bertz CT molecular complexity index is 1260. The topological polar surface area (TPSA) is 64.3 Å². The third-order valence-electron chi connectivity index (χ3n) is 5.57. The number of benzene rings is 4. The van der Waals surface area contributed by atoms with E-state index in [4.69, 9.17) is 10.5 Å². The molecule has 0 fully saturated rings. The van der Waals surface area contributed by atoms with E-state index in [-0.39, 0.29) is 12.0 Å². The molecule has 0 aromatic heterocycles. The monoisotopic (exact) mass is 424 g/mol. The standard InChI is InChI=1S/C28H28N2O2/c1-28(2,3)21-14-16-25(30-27(31)32-18-19-9-5-4-6-10-19)23(17-21)26-22-12-8-7-11-20(22)13-15-24(26)29/h4-17H,18,29H2,1-3H3,(H,30,31). The summed E-state index contributed by atoms with van der Waals surface area (Å²) in [6, 6.07) is 27.8. The molecule has 0 atom stereocenters. The molecule has 1 amide bonds. The van der Waals surface area contributed by atoms with Crippen molar-refractivity contribution in [1.29, 1.82) is 0 Å². The third kappa shape index (κ3) is 4.59. The second-order valence-electron chi connectivity index (χ2n) is 8.95. The Balaban J connectivity index is 1.74. The van der Waals surface area contributed by atoms with Gasteiger partial charge in [0.15, 0.2) is 0 Å². The van der Waals surface area contributed by atoms with Gasteiger partial charge in [-0.15, -0.1) is 0 Å². The second kappa shape index (κ2) is 8.75. The molecule has 3 N–H and O–H groups in total. The first-order chi connectivity index (χ1) is 15.3. The maximum Gasteiger partial charge on any atom is 0.411 e. The molecule has 0 saturated carbocycles. The summed E-state index contributed by atoms with van der Waals surface area (Å²) in [6.07, 6.45) is -0.502. The molecule has 0 aliphatic rings. The number of nitrogens with one attached hydrogen (secondary N) is 1. The fourth-order valence-electron chi connectivity index (χ4n) is 3.78. The molecule has 4 nitrogen and oxygen atoms in total. The number of hydrogen-bond acceptors (Lipinski definition) is 3. The summed E-state index contributed by atoms with van der Waals surface area (Å²) in [4.78, 5) is 12.6. The predicted octanol–water partition coefficient (Wildman–Crippen LogP) is 7.14. The first-order valence-electron chi connectivity index (χ1n) is 10.7. The van der Waals surface area contributed by atoms with Crippen LogP contribution in [0.5, 0.6) is 0 Å². The zero-order valence-electron chi connectivity index (χ0n) is 18.7. The lowest BCUT2D eigenvalue weighted by Crippen LogP contribution is -2.16. The second-order valence-corrected chi connectivity index (χ2v) is 8.95. The number of nitrogens with two attached hydrogens (primary N) is 1. The van der Waals surface area contributed by atoms with E-state index in [2.05, 4.69) is 44.3 Å². The van der Waals surface area contributed by atoms with Crippen LogP contribution in [-0.2, 0) is 16.8 Å². The molecule has 32 heavy (non-hydrogen) atoms. The highest BCUT2D eigenvalue weighted by Gasteiger charge is 2.20. The molecule has 4 aromatic rings. The fraction of sp³-hybridized carbons (Fsp3) is 0.179. The highest BCUT2D eigenvalue weighted by molar-refractivity contribution is 6.06. The Morgan fingerprint density at radius 2 is 1.62 bits per heavy atom. The van der Waals surface area contributed by atoms with Crippen LogP contribution in [0.25, 0.3) is 21.9 Å². The van der Waals surface area contributed by atoms with Crippen LogP contribution in [0, 0.1) is 0 Å². The SMILES string of the molecule is CC(C)(C)c1ccc(NC(=O)OCc2ccccc2)c(-c2c(N)ccc3ccccc23)c1. The molecule has 0 aliphatic carbocycles. The summed E-state index contributed by atoms with van der Waals surface area (Å²) >= 11 is 0. The molecule has 0 bridgehead atoms. The quantitative estimate of drug-likeness (QED) is 0.342. The van der Waals surface area contributed by atoms with Crippen molar-refractivity contribution in [2.24, 2.45) is 0 Å². The Hall–Kier alpha value is -3.79. The van der Waals surface area contributed by atoms with Crippen molar-refractivity contribution in [3.63, 3.8) is 0 Å². The fourth-order valence-corrected chi connectivity index (χ4v) is 3.78. The molecule has 0 heterocycles. The van der Waals surface area contributed by atoms with Crippen molar-refractivity contribution < 1.29 is 9.53 Å². The first kappa shape index (κ1) is 21.4. The van der Waals surface area contributed by atoms with E-state index in [1.165, 1.54) is 0 Å². The van der Waals surface area contributed by atoms with Crippen molar-refractivity contribution in [2.75, 3.05) is 11.1 Å². The molecule has 0 unspecified atom stereocenters. The number of rotatable bonds is 4. The average Bonchev–Trinajstić information content (AvgIpc) is 2.78. The lowest BCUT2D eigenvalue weighted by atomic mass is 9.84. The summed E-state index contributed by atoms with van der Waals surface area (Å²) in [6.45, 7) is 6.71. The number of anilines is 2. The Morgan fingerprint density at radius 1 is 0.906 bits per heavy atom. The van der Waals surface area contributed by atoms with Gasteiger partial charge in [-0.25, -0.2) is 4.79 Å². The van der Waals surface area contributed by atoms with Crippen molar-refractivity contribution in [3.05, 3.63) is 96.1 Å². The van der Waals surface area contributed by atoms with Crippen LogP contribution in [0.4, 0.5) is 16.2 Å². The zero-order valence-corrected chi connectivity index (χ0v) is 18.7. The lowest BCUT2D eigenvalue weighted by molar-refractivity contribution is 0.155. The van der Waals surface area contributed by atoms with Gasteiger partial charge in [0.25, 0.3) is 0 Å². The van der Waals surface area contributed by atoms with E-state index >= 15 is 0 Å². The molecule has 0 saturated heterocycles. The van der Waals surface area contributed by atoms with E-state index < -0.39 is 6.09 Å². The number of nitrogen functional groups attached to an aromatic ring is 1. The van der Waals surface area contributed by atoms with Gasteiger partial charge in [-0.3, -0.25) is 5.32 Å². The van der Waals surface area contributed by atoms with Gasteiger partial charge in [-0.05, 0) is 45.5 Å². The van der Waals surface area contributed by atoms with Gasteiger partial charge in [0.2, 0.25) is 0 Å². The van der Waals surface area contributed by atoms with E-state index in [1.807, 2.05) is 66.7 Å². The van der Waals surface area contributed by atoms with Gasteiger partial charge in [0, 0.05) is 16.8 Å². The maximum atomic E-state index is 12.6. The van der Waals surface area contributed by atoms with Crippen molar-refractivity contribution in [2.45, 2.75) is 32.8 Å².